The van der Waals surface area contributed by atoms with Crippen molar-refractivity contribution in [2.24, 2.45) is 0 Å². The van der Waals surface area contributed by atoms with Crippen LogP contribution in [0.2, 0.25) is 0 Å². The number of rotatable bonds is 2. The van der Waals surface area contributed by atoms with Gasteiger partial charge in [0, 0.05) is 11.4 Å². The predicted octanol–water partition coefficient (Wildman–Crippen LogP) is 2.09. The number of aromatic nitrogens is 4. The molecule has 0 bridgehead atoms. The van der Waals surface area contributed by atoms with Crippen LogP contribution in [0.25, 0.3) is 22.6 Å². The third-order valence-electron chi connectivity index (χ3n) is 2.29. The van der Waals surface area contributed by atoms with Gasteiger partial charge in [0.2, 0.25) is 0 Å². The molecule has 0 atom stereocenters. The Kier molecular flexibility index (Phi) is 2.07. The first-order valence-electron chi connectivity index (χ1n) is 4.68. The normalized spacial score (nSPS) is 10.8. The molecule has 0 saturated carbocycles. The van der Waals surface area contributed by atoms with Crippen LogP contribution >= 0.6 is 11.5 Å². The van der Waals surface area contributed by atoms with Crippen LogP contribution in [0.1, 0.15) is 0 Å². The number of aromatic amines is 1. The van der Waals surface area contributed by atoms with Crippen LogP contribution in [0.4, 0.5) is 0 Å². The van der Waals surface area contributed by atoms with Gasteiger partial charge in [-0.1, -0.05) is 4.49 Å². The fourth-order valence-electron chi connectivity index (χ4n) is 1.50. The third-order valence-corrected chi connectivity index (χ3v) is 2.80. The van der Waals surface area contributed by atoms with Crippen molar-refractivity contribution in [3.05, 3.63) is 23.6 Å². The predicted molar refractivity (Wildman–Crippen MR) is 61.5 cm³/mol. The summed E-state index contributed by atoms with van der Waals surface area (Å²) in [4.78, 5) is 7.61. The molecule has 3 aromatic rings. The van der Waals surface area contributed by atoms with Gasteiger partial charge in [-0.3, -0.25) is 0 Å². The Hall–Kier alpha value is -1.95. The molecule has 0 unspecified atom stereocenters. The smallest absolute Gasteiger partial charge is 0.160 e. The molecule has 0 aliphatic carbocycles. The van der Waals surface area contributed by atoms with Crippen LogP contribution in [0.5, 0.6) is 5.75 Å². The van der Waals surface area contributed by atoms with Crippen LogP contribution in [0, 0.1) is 0 Å². The van der Waals surface area contributed by atoms with E-state index >= 15 is 0 Å². The maximum absolute atomic E-state index is 5.15. The summed E-state index contributed by atoms with van der Waals surface area (Å²) in [5, 5.41) is 5.82. The maximum Gasteiger partial charge on any atom is 0.160 e. The summed E-state index contributed by atoms with van der Waals surface area (Å²) in [5.74, 6) is 1.54. The second-order valence-corrected chi connectivity index (χ2v) is 3.87. The summed E-state index contributed by atoms with van der Waals surface area (Å²) in [6.07, 6.45) is 0. The van der Waals surface area contributed by atoms with Crippen molar-refractivity contribution in [3.63, 3.8) is 0 Å². The Morgan fingerprint density at radius 1 is 1.38 bits per heavy atom. The van der Waals surface area contributed by atoms with E-state index in [1.165, 1.54) is 11.5 Å². The van der Waals surface area contributed by atoms with Gasteiger partial charge < -0.3 is 9.72 Å². The highest BCUT2D eigenvalue weighted by molar-refractivity contribution is 7.03. The van der Waals surface area contributed by atoms with Gasteiger partial charge in [0.15, 0.2) is 5.82 Å². The molecule has 5 nitrogen and oxygen atoms in total. The average Bonchev–Trinajstić information content (AvgIpc) is 2.96. The Morgan fingerprint density at radius 3 is 3.06 bits per heavy atom. The lowest BCUT2D eigenvalue weighted by Crippen LogP contribution is -1.81. The number of ether oxygens (including phenoxy) is 1. The van der Waals surface area contributed by atoms with Crippen LogP contribution < -0.4 is 4.74 Å². The summed E-state index contributed by atoms with van der Waals surface area (Å²) in [6, 6.07) is 5.70. The number of nitrogens with one attached hydrogen (secondary N) is 1. The number of methoxy groups -OCH3 is 1. The van der Waals surface area contributed by atoms with Gasteiger partial charge in [0.05, 0.1) is 18.1 Å². The van der Waals surface area contributed by atoms with Crippen LogP contribution in [0.15, 0.2) is 23.6 Å². The fourth-order valence-corrected chi connectivity index (χ4v) is 1.95. The van der Waals surface area contributed by atoms with E-state index in [-0.39, 0.29) is 0 Å². The van der Waals surface area contributed by atoms with Gasteiger partial charge in [0.1, 0.15) is 11.4 Å². The Bertz CT molecular complexity index is 617. The molecule has 2 heterocycles. The van der Waals surface area contributed by atoms with E-state index in [0.29, 0.717) is 0 Å². The van der Waals surface area contributed by atoms with Gasteiger partial charge in [-0.05, 0) is 23.7 Å². The van der Waals surface area contributed by atoms with Gasteiger partial charge >= 0.3 is 0 Å². The molecule has 0 aliphatic rings. The van der Waals surface area contributed by atoms with E-state index < -0.39 is 0 Å². The van der Waals surface area contributed by atoms with Gasteiger partial charge in [-0.15, -0.1) is 5.10 Å². The molecule has 0 aliphatic heterocycles. The van der Waals surface area contributed by atoms with Crippen LogP contribution in [0.3, 0.4) is 0 Å². The number of nitrogens with zero attached hydrogens (tertiary/aromatic N) is 3. The fraction of sp³-hybridized carbons (Fsp3) is 0.100. The molecule has 0 fully saturated rings. The first kappa shape index (κ1) is 9.29. The highest BCUT2D eigenvalue weighted by Gasteiger charge is 2.07. The van der Waals surface area contributed by atoms with E-state index in [1.807, 2.05) is 23.6 Å². The molecule has 1 aromatic carbocycles. The number of benzene rings is 1. The lowest BCUT2D eigenvalue weighted by molar-refractivity contribution is 0.415. The van der Waals surface area contributed by atoms with E-state index in [0.717, 1.165) is 28.3 Å². The lowest BCUT2D eigenvalue weighted by Gasteiger charge is -1.96. The molecule has 80 valence electrons. The lowest BCUT2D eigenvalue weighted by atomic mass is 10.3. The monoisotopic (exact) mass is 232 g/mol. The Balaban J connectivity index is 2.16. The molecule has 0 spiro atoms. The number of hydrogen-bond acceptors (Lipinski definition) is 5. The molecule has 0 radical (unpaired) electrons. The summed E-state index contributed by atoms with van der Waals surface area (Å²) in [5.41, 5.74) is 2.59. The third kappa shape index (κ3) is 1.43. The summed E-state index contributed by atoms with van der Waals surface area (Å²) >= 11 is 1.31. The van der Waals surface area contributed by atoms with E-state index in [1.54, 1.807) is 7.11 Å². The molecule has 0 amide bonds. The second kappa shape index (κ2) is 3.57. The standard InChI is InChI=1S/C10H8N4OS/c1-15-6-2-3-7-8(4-6)12-10(11-7)9-5-16-14-13-9/h2-5H,1H3,(H,11,12). The zero-order valence-electron chi connectivity index (χ0n) is 8.47. The van der Waals surface area contributed by atoms with Crippen molar-refractivity contribution in [2.45, 2.75) is 0 Å². The van der Waals surface area contributed by atoms with E-state index in [4.69, 9.17) is 4.74 Å². The molecular formula is C10H8N4OS. The first-order valence-corrected chi connectivity index (χ1v) is 5.51. The van der Waals surface area contributed by atoms with Crippen molar-refractivity contribution >= 4 is 22.6 Å². The molecule has 3 rings (SSSR count). The zero-order chi connectivity index (χ0) is 11.0. The van der Waals surface area contributed by atoms with E-state index in [9.17, 15) is 0 Å². The van der Waals surface area contributed by atoms with Crippen molar-refractivity contribution in [2.75, 3.05) is 7.11 Å². The minimum Gasteiger partial charge on any atom is -0.497 e. The Labute approximate surface area is 95.3 Å². The molecule has 6 heteroatoms. The summed E-state index contributed by atoms with van der Waals surface area (Å²) < 4.78 is 8.96. The highest BCUT2D eigenvalue weighted by Crippen LogP contribution is 2.22. The number of H-pyrrole nitrogens is 1. The second-order valence-electron chi connectivity index (χ2n) is 3.26. The van der Waals surface area contributed by atoms with Crippen LogP contribution in [-0.2, 0) is 0 Å². The number of fused-ring (bicyclic) bond motifs is 1. The minimum absolute atomic E-state index is 0.733. The summed E-state index contributed by atoms with van der Waals surface area (Å²) in [7, 11) is 1.64. The molecule has 2 aromatic heterocycles. The molecule has 16 heavy (non-hydrogen) atoms. The number of imidazole rings is 1. The maximum atomic E-state index is 5.15. The highest BCUT2D eigenvalue weighted by atomic mass is 32.1. The van der Waals surface area contributed by atoms with Crippen molar-refractivity contribution in [1.82, 2.24) is 19.6 Å². The van der Waals surface area contributed by atoms with Crippen molar-refractivity contribution in [1.29, 1.82) is 0 Å². The van der Waals surface area contributed by atoms with Crippen molar-refractivity contribution < 1.29 is 4.74 Å². The van der Waals surface area contributed by atoms with Crippen molar-refractivity contribution in [3.8, 4) is 17.3 Å². The van der Waals surface area contributed by atoms with Gasteiger partial charge in [0.25, 0.3) is 0 Å². The minimum atomic E-state index is 0.733. The van der Waals surface area contributed by atoms with Crippen LogP contribution in [-0.4, -0.2) is 26.7 Å². The van der Waals surface area contributed by atoms with E-state index in [2.05, 4.69) is 19.6 Å². The quantitative estimate of drug-likeness (QED) is 0.734. The molecule has 1 N–H and O–H groups in total. The average molecular weight is 232 g/mol. The molecular weight excluding hydrogens is 224 g/mol. The zero-order valence-corrected chi connectivity index (χ0v) is 9.28. The molecule has 0 saturated heterocycles. The topological polar surface area (TPSA) is 63.7 Å². The Morgan fingerprint density at radius 2 is 2.31 bits per heavy atom. The largest absolute Gasteiger partial charge is 0.497 e. The SMILES string of the molecule is COc1ccc2nc(-c3csnn3)[nH]c2c1. The number of hydrogen-bond donors (Lipinski definition) is 1. The van der Waals surface area contributed by atoms with Gasteiger partial charge in [-0.25, -0.2) is 4.98 Å². The summed E-state index contributed by atoms with van der Waals surface area (Å²) in [6.45, 7) is 0. The van der Waals surface area contributed by atoms with Gasteiger partial charge in [-0.2, -0.15) is 0 Å². The first-order chi connectivity index (χ1) is 7.86.